The predicted molar refractivity (Wildman–Crippen MR) is 81.6 cm³/mol. The van der Waals surface area contributed by atoms with Gasteiger partial charge in [-0.25, -0.2) is 0 Å². The van der Waals surface area contributed by atoms with Gasteiger partial charge in [0.15, 0.2) is 0 Å². The van der Waals surface area contributed by atoms with Crippen molar-refractivity contribution < 1.29 is 9.59 Å². The molecule has 2 saturated carbocycles. The Hall–Kier alpha value is -1.06. The fourth-order valence-corrected chi connectivity index (χ4v) is 3.97. The molecule has 21 heavy (non-hydrogen) atoms. The largest absolute Gasteiger partial charge is 0.343 e. The molecule has 0 radical (unpaired) electrons. The van der Waals surface area contributed by atoms with Gasteiger partial charge in [-0.3, -0.25) is 9.59 Å². The zero-order valence-corrected chi connectivity index (χ0v) is 13.1. The number of nitrogens with one attached hydrogen (secondary N) is 1. The molecule has 4 nitrogen and oxygen atoms in total. The van der Waals surface area contributed by atoms with Crippen LogP contribution in [-0.2, 0) is 9.59 Å². The number of amides is 2. The average Bonchev–Trinajstić information content (AvgIpc) is 3.32. The molecule has 0 spiro atoms. The summed E-state index contributed by atoms with van der Waals surface area (Å²) in [6.07, 6.45) is 10.3. The van der Waals surface area contributed by atoms with Crippen LogP contribution >= 0.6 is 0 Å². The van der Waals surface area contributed by atoms with Crippen molar-refractivity contribution in [2.24, 2.45) is 11.8 Å². The van der Waals surface area contributed by atoms with Crippen LogP contribution in [0.2, 0.25) is 0 Å². The molecule has 0 bridgehead atoms. The van der Waals surface area contributed by atoms with E-state index in [-0.39, 0.29) is 23.9 Å². The first kappa shape index (κ1) is 14.9. The van der Waals surface area contributed by atoms with Crippen molar-refractivity contribution in [3.8, 4) is 0 Å². The Morgan fingerprint density at radius 1 is 1.10 bits per heavy atom. The van der Waals surface area contributed by atoms with E-state index < -0.39 is 0 Å². The first-order valence-electron chi connectivity index (χ1n) is 8.81. The molecule has 1 heterocycles. The number of hydrogen-bond acceptors (Lipinski definition) is 2. The monoisotopic (exact) mass is 292 g/mol. The van der Waals surface area contributed by atoms with Crippen LogP contribution in [-0.4, -0.2) is 35.3 Å². The summed E-state index contributed by atoms with van der Waals surface area (Å²) in [4.78, 5) is 27.2. The third-order valence-electron chi connectivity index (χ3n) is 5.48. The molecule has 3 fully saturated rings. The zero-order valence-electron chi connectivity index (χ0n) is 13.1. The Morgan fingerprint density at radius 2 is 1.81 bits per heavy atom. The first-order valence-corrected chi connectivity index (χ1v) is 8.81. The van der Waals surface area contributed by atoms with E-state index in [1.807, 2.05) is 11.8 Å². The molecule has 0 aromatic rings. The van der Waals surface area contributed by atoms with Crippen LogP contribution in [0.5, 0.6) is 0 Å². The quantitative estimate of drug-likeness (QED) is 0.846. The number of carbonyl (C=O) groups excluding carboxylic acids is 2. The molecule has 1 aliphatic heterocycles. The maximum atomic E-state index is 12.7. The van der Waals surface area contributed by atoms with Crippen molar-refractivity contribution in [3.05, 3.63) is 0 Å². The molecule has 118 valence electrons. The van der Waals surface area contributed by atoms with Gasteiger partial charge in [-0.05, 0) is 37.5 Å². The second-order valence-corrected chi connectivity index (χ2v) is 7.08. The Morgan fingerprint density at radius 3 is 2.43 bits per heavy atom. The van der Waals surface area contributed by atoms with Gasteiger partial charge in [-0.1, -0.05) is 39.0 Å². The molecule has 0 aromatic heterocycles. The average molecular weight is 292 g/mol. The minimum absolute atomic E-state index is 0.101. The fourth-order valence-electron chi connectivity index (χ4n) is 3.97. The number of nitrogens with zero attached hydrogens (tertiary/aromatic N) is 1. The zero-order chi connectivity index (χ0) is 14.8. The second-order valence-electron chi connectivity index (χ2n) is 7.08. The van der Waals surface area contributed by atoms with E-state index in [0.717, 1.165) is 31.7 Å². The van der Waals surface area contributed by atoms with Gasteiger partial charge in [0.05, 0.1) is 0 Å². The van der Waals surface area contributed by atoms with Crippen LogP contribution in [0.15, 0.2) is 0 Å². The lowest BCUT2D eigenvalue weighted by Gasteiger charge is -2.43. The lowest BCUT2D eigenvalue weighted by atomic mass is 9.81. The van der Waals surface area contributed by atoms with Gasteiger partial charge < -0.3 is 10.2 Å². The number of rotatable bonds is 5. The van der Waals surface area contributed by atoms with E-state index in [1.165, 1.54) is 32.1 Å². The van der Waals surface area contributed by atoms with E-state index in [1.54, 1.807) is 0 Å². The van der Waals surface area contributed by atoms with Gasteiger partial charge in [0.2, 0.25) is 11.8 Å². The molecule has 2 atom stereocenters. The smallest absolute Gasteiger partial charge is 0.245 e. The number of piperazine rings is 1. The highest BCUT2D eigenvalue weighted by Crippen LogP contribution is 2.35. The normalized spacial score (nSPS) is 31.4. The maximum absolute atomic E-state index is 12.7. The van der Waals surface area contributed by atoms with Crippen molar-refractivity contribution in [1.82, 2.24) is 10.2 Å². The Labute approximate surface area is 127 Å². The molecule has 2 aliphatic carbocycles. The lowest BCUT2D eigenvalue weighted by molar-refractivity contribution is -0.152. The van der Waals surface area contributed by atoms with Gasteiger partial charge in [0.1, 0.15) is 12.1 Å². The van der Waals surface area contributed by atoms with Crippen LogP contribution in [0.25, 0.3) is 0 Å². The molecule has 3 aliphatic rings. The lowest BCUT2D eigenvalue weighted by Crippen LogP contribution is -2.65. The van der Waals surface area contributed by atoms with Gasteiger partial charge in [-0.15, -0.1) is 0 Å². The van der Waals surface area contributed by atoms with Crippen molar-refractivity contribution in [3.63, 3.8) is 0 Å². The molecule has 2 amide bonds. The van der Waals surface area contributed by atoms with Crippen LogP contribution < -0.4 is 5.32 Å². The summed E-state index contributed by atoms with van der Waals surface area (Å²) in [5, 5.41) is 2.97. The van der Waals surface area contributed by atoms with Crippen LogP contribution in [0.1, 0.15) is 64.7 Å². The maximum Gasteiger partial charge on any atom is 0.245 e. The van der Waals surface area contributed by atoms with Gasteiger partial charge in [-0.2, -0.15) is 0 Å². The van der Waals surface area contributed by atoms with E-state index in [0.29, 0.717) is 12.3 Å². The molecule has 1 N–H and O–H groups in total. The minimum Gasteiger partial charge on any atom is -0.343 e. The van der Waals surface area contributed by atoms with E-state index >= 15 is 0 Å². The molecule has 1 saturated heterocycles. The second kappa shape index (κ2) is 6.37. The van der Waals surface area contributed by atoms with Gasteiger partial charge >= 0.3 is 0 Å². The Kier molecular flexibility index (Phi) is 4.51. The summed E-state index contributed by atoms with van der Waals surface area (Å²) in [5.41, 5.74) is 0. The molecular weight excluding hydrogens is 264 g/mol. The summed E-state index contributed by atoms with van der Waals surface area (Å²) < 4.78 is 0. The van der Waals surface area contributed by atoms with Crippen LogP contribution in [0, 0.1) is 11.8 Å². The van der Waals surface area contributed by atoms with E-state index in [9.17, 15) is 9.59 Å². The van der Waals surface area contributed by atoms with Crippen molar-refractivity contribution in [1.29, 1.82) is 0 Å². The summed E-state index contributed by atoms with van der Waals surface area (Å²) in [6, 6.07) is -0.490. The SMILES string of the molecule is CCC1NC(=O)C(C2CCCCC2)N(CCC2CC2)C1=O. The minimum atomic E-state index is -0.295. The van der Waals surface area contributed by atoms with Gasteiger partial charge in [0.25, 0.3) is 0 Å². The summed E-state index contributed by atoms with van der Waals surface area (Å²) >= 11 is 0. The first-order chi connectivity index (χ1) is 10.2. The topological polar surface area (TPSA) is 49.4 Å². The van der Waals surface area contributed by atoms with Crippen molar-refractivity contribution in [2.45, 2.75) is 76.8 Å². The summed E-state index contributed by atoms with van der Waals surface area (Å²) in [6.45, 7) is 2.76. The fraction of sp³-hybridized carbons (Fsp3) is 0.882. The van der Waals surface area contributed by atoms with Crippen LogP contribution in [0.4, 0.5) is 0 Å². The highest BCUT2D eigenvalue weighted by atomic mass is 16.2. The van der Waals surface area contributed by atoms with E-state index in [4.69, 9.17) is 0 Å². The van der Waals surface area contributed by atoms with Gasteiger partial charge in [0, 0.05) is 6.54 Å². The van der Waals surface area contributed by atoms with Crippen molar-refractivity contribution in [2.75, 3.05) is 6.54 Å². The molecule has 4 heteroatoms. The van der Waals surface area contributed by atoms with E-state index in [2.05, 4.69) is 5.32 Å². The number of carbonyl (C=O) groups is 2. The Balaban J connectivity index is 1.74. The highest BCUT2D eigenvalue weighted by Gasteiger charge is 2.44. The molecular formula is C17H28N2O2. The van der Waals surface area contributed by atoms with Crippen molar-refractivity contribution >= 4 is 11.8 Å². The summed E-state index contributed by atoms with van der Waals surface area (Å²) in [7, 11) is 0. The molecule has 3 rings (SSSR count). The predicted octanol–water partition coefficient (Wildman–Crippen LogP) is 2.47. The summed E-state index contributed by atoms with van der Waals surface area (Å²) in [5.74, 6) is 1.44. The third kappa shape index (κ3) is 3.24. The Bertz CT molecular complexity index is 400. The molecule has 2 unspecified atom stereocenters. The number of hydrogen-bond donors (Lipinski definition) is 1. The highest BCUT2D eigenvalue weighted by molar-refractivity contribution is 5.97. The third-order valence-corrected chi connectivity index (χ3v) is 5.48. The van der Waals surface area contributed by atoms with Crippen LogP contribution in [0.3, 0.4) is 0 Å². The standard InChI is InChI=1S/C17H28N2O2/c1-2-14-17(21)19(11-10-12-8-9-12)15(16(20)18-14)13-6-4-3-5-7-13/h12-15H,2-11H2,1H3,(H,18,20). The molecule has 0 aromatic carbocycles.